The second-order valence-electron chi connectivity index (χ2n) is 7.68. The third-order valence-electron chi connectivity index (χ3n) is 5.38. The Morgan fingerprint density at radius 2 is 1.94 bits per heavy atom. The third-order valence-corrected chi connectivity index (χ3v) is 6.12. The predicted molar refractivity (Wildman–Crippen MR) is 121 cm³/mol. The van der Waals surface area contributed by atoms with E-state index in [4.69, 9.17) is 38.0 Å². The Morgan fingerprint density at radius 1 is 1.23 bits per heavy atom. The SMILES string of the molecule is Cc1cc(C2=NOC(c3ccc(Cl)c(Cl)c3)(C(F)(F)F)C2)ccc1C(=O)N(C)C(=O)OCCC#N. The van der Waals surface area contributed by atoms with E-state index in [1.54, 1.807) is 6.92 Å². The molecular formula is C23H18Cl2F3N3O4. The number of benzene rings is 2. The van der Waals surface area contributed by atoms with Crippen molar-refractivity contribution in [2.75, 3.05) is 13.7 Å². The highest BCUT2D eigenvalue weighted by molar-refractivity contribution is 6.42. The minimum atomic E-state index is -4.82. The molecule has 2 aromatic rings. The van der Waals surface area contributed by atoms with Crippen LogP contribution in [0.3, 0.4) is 0 Å². The number of hydrogen-bond acceptors (Lipinski definition) is 6. The second kappa shape index (κ2) is 10.1. The summed E-state index contributed by atoms with van der Waals surface area (Å²) in [5, 5.41) is 12.3. The molecule has 0 spiro atoms. The molecule has 0 aromatic heterocycles. The van der Waals surface area contributed by atoms with Gasteiger partial charge in [-0.1, -0.05) is 40.5 Å². The van der Waals surface area contributed by atoms with Crippen molar-refractivity contribution in [1.29, 1.82) is 5.26 Å². The quantitative estimate of drug-likeness (QED) is 0.444. The molecule has 1 unspecified atom stereocenters. The molecule has 1 aliphatic rings. The molecule has 0 saturated heterocycles. The average molecular weight is 528 g/mol. The van der Waals surface area contributed by atoms with Gasteiger partial charge in [0, 0.05) is 24.6 Å². The summed E-state index contributed by atoms with van der Waals surface area (Å²) in [6, 6.07) is 9.60. The molecule has 0 N–H and O–H groups in total. The smallest absolute Gasteiger partial charge is 0.435 e. The number of nitriles is 1. The number of hydrogen-bond donors (Lipinski definition) is 0. The van der Waals surface area contributed by atoms with Gasteiger partial charge in [-0.25, -0.2) is 9.69 Å². The molecule has 12 heteroatoms. The van der Waals surface area contributed by atoms with Gasteiger partial charge in [0.15, 0.2) is 0 Å². The van der Waals surface area contributed by atoms with Crippen molar-refractivity contribution < 1.29 is 32.3 Å². The molecule has 35 heavy (non-hydrogen) atoms. The number of halogens is 5. The lowest BCUT2D eigenvalue weighted by atomic mass is 9.86. The fourth-order valence-corrected chi connectivity index (χ4v) is 3.73. The van der Waals surface area contributed by atoms with Gasteiger partial charge in [0.2, 0.25) is 0 Å². The summed E-state index contributed by atoms with van der Waals surface area (Å²) in [5.41, 5.74) is -2.15. The molecule has 184 valence electrons. The first-order chi connectivity index (χ1) is 16.4. The summed E-state index contributed by atoms with van der Waals surface area (Å²) in [7, 11) is 1.22. The minimum Gasteiger partial charge on any atom is -0.448 e. The Morgan fingerprint density at radius 3 is 2.54 bits per heavy atom. The maximum Gasteiger partial charge on any atom is 0.435 e. The molecule has 1 aliphatic heterocycles. The Labute approximate surface area is 208 Å². The van der Waals surface area contributed by atoms with Crippen LogP contribution in [0.15, 0.2) is 41.6 Å². The molecule has 0 radical (unpaired) electrons. The van der Waals surface area contributed by atoms with Crippen LogP contribution in [0.1, 0.15) is 39.9 Å². The highest BCUT2D eigenvalue weighted by atomic mass is 35.5. The zero-order valence-electron chi connectivity index (χ0n) is 18.4. The van der Waals surface area contributed by atoms with E-state index in [-0.39, 0.29) is 39.9 Å². The first-order valence-corrected chi connectivity index (χ1v) is 10.9. The number of amides is 2. The van der Waals surface area contributed by atoms with Crippen LogP contribution >= 0.6 is 23.2 Å². The van der Waals surface area contributed by atoms with E-state index in [0.717, 1.165) is 11.0 Å². The van der Waals surface area contributed by atoms with Gasteiger partial charge in [0.25, 0.3) is 11.5 Å². The van der Waals surface area contributed by atoms with E-state index in [1.165, 1.54) is 37.4 Å². The van der Waals surface area contributed by atoms with E-state index < -0.39 is 30.2 Å². The van der Waals surface area contributed by atoms with Crippen molar-refractivity contribution in [2.45, 2.75) is 31.5 Å². The molecule has 0 saturated carbocycles. The van der Waals surface area contributed by atoms with Crippen LogP contribution in [0.25, 0.3) is 0 Å². The summed E-state index contributed by atoms with van der Waals surface area (Å²) in [6.07, 6.45) is -6.41. The summed E-state index contributed by atoms with van der Waals surface area (Å²) in [4.78, 5) is 30.4. The van der Waals surface area contributed by atoms with Gasteiger partial charge in [0.05, 0.1) is 28.2 Å². The highest BCUT2D eigenvalue weighted by Crippen LogP contribution is 2.49. The largest absolute Gasteiger partial charge is 0.448 e. The number of imide groups is 1. The van der Waals surface area contributed by atoms with Crippen molar-refractivity contribution in [3.63, 3.8) is 0 Å². The van der Waals surface area contributed by atoms with E-state index in [1.807, 2.05) is 6.07 Å². The van der Waals surface area contributed by atoms with Gasteiger partial charge in [-0.2, -0.15) is 18.4 Å². The van der Waals surface area contributed by atoms with Crippen molar-refractivity contribution in [3.05, 3.63) is 68.7 Å². The Kier molecular flexibility index (Phi) is 7.62. The number of ether oxygens (including phenoxy) is 1. The number of carbonyl (C=O) groups excluding carboxylic acids is 2. The monoisotopic (exact) mass is 527 g/mol. The highest BCUT2D eigenvalue weighted by Gasteiger charge is 2.62. The lowest BCUT2D eigenvalue weighted by molar-refractivity contribution is -0.275. The van der Waals surface area contributed by atoms with Gasteiger partial charge in [-0.15, -0.1) is 0 Å². The van der Waals surface area contributed by atoms with Crippen LogP contribution in [0.4, 0.5) is 18.0 Å². The Hall–Kier alpha value is -3.29. The second-order valence-corrected chi connectivity index (χ2v) is 8.49. The maximum atomic E-state index is 14.2. The first-order valence-electron chi connectivity index (χ1n) is 10.1. The van der Waals surface area contributed by atoms with Gasteiger partial charge < -0.3 is 9.57 Å². The van der Waals surface area contributed by atoms with Gasteiger partial charge in [-0.05, 0) is 42.3 Å². The third kappa shape index (κ3) is 5.21. The zero-order valence-corrected chi connectivity index (χ0v) is 20.0. The molecule has 0 fully saturated rings. The van der Waals surface area contributed by atoms with Crippen LogP contribution in [-0.4, -0.2) is 42.4 Å². The predicted octanol–water partition coefficient (Wildman–Crippen LogP) is 6.01. The van der Waals surface area contributed by atoms with E-state index >= 15 is 0 Å². The minimum absolute atomic E-state index is 0.0137. The molecule has 0 bridgehead atoms. The van der Waals surface area contributed by atoms with Crippen molar-refractivity contribution in [2.24, 2.45) is 5.16 Å². The number of carbonyl (C=O) groups is 2. The maximum absolute atomic E-state index is 14.2. The first kappa shape index (κ1) is 26.3. The molecule has 1 atom stereocenters. The van der Waals surface area contributed by atoms with Crippen molar-refractivity contribution in [1.82, 2.24) is 4.90 Å². The number of rotatable bonds is 5. The van der Waals surface area contributed by atoms with E-state index in [9.17, 15) is 22.8 Å². The molecule has 1 heterocycles. The number of alkyl halides is 3. The van der Waals surface area contributed by atoms with Crippen molar-refractivity contribution >= 4 is 40.9 Å². The topological polar surface area (TPSA) is 92.0 Å². The van der Waals surface area contributed by atoms with Crippen LogP contribution in [0, 0.1) is 18.3 Å². The van der Waals surface area contributed by atoms with E-state index in [2.05, 4.69) is 5.16 Å². The van der Waals surface area contributed by atoms with E-state index in [0.29, 0.717) is 11.1 Å². The molecular weight excluding hydrogens is 510 g/mol. The van der Waals surface area contributed by atoms with Gasteiger partial charge >= 0.3 is 12.3 Å². The fraction of sp³-hybridized carbons (Fsp3) is 0.304. The van der Waals surface area contributed by atoms with Crippen molar-refractivity contribution in [3.8, 4) is 6.07 Å². The Bertz CT molecular complexity index is 1240. The number of nitrogens with zero attached hydrogens (tertiary/aromatic N) is 3. The number of oxime groups is 1. The summed E-state index contributed by atoms with van der Waals surface area (Å²) >= 11 is 11.8. The molecule has 2 amide bonds. The lowest BCUT2D eigenvalue weighted by Gasteiger charge is -2.29. The van der Waals surface area contributed by atoms with Crippen LogP contribution in [0.2, 0.25) is 10.0 Å². The zero-order chi connectivity index (χ0) is 26.0. The summed E-state index contributed by atoms with van der Waals surface area (Å²) in [5.74, 6) is -0.680. The normalized spacial score (nSPS) is 17.3. The molecule has 0 aliphatic carbocycles. The fourth-order valence-electron chi connectivity index (χ4n) is 3.43. The van der Waals surface area contributed by atoms with Gasteiger partial charge in [-0.3, -0.25) is 4.79 Å². The molecule has 7 nitrogen and oxygen atoms in total. The Balaban J connectivity index is 1.84. The molecule has 2 aromatic carbocycles. The lowest BCUT2D eigenvalue weighted by Crippen LogP contribution is -2.42. The molecule has 3 rings (SSSR count). The van der Waals surface area contributed by atoms with Crippen LogP contribution < -0.4 is 0 Å². The average Bonchev–Trinajstić information content (AvgIpc) is 3.27. The number of aryl methyl sites for hydroxylation is 1. The standard InChI is InChI=1S/C23H18Cl2F3N3O4/c1-13-10-14(4-6-16(13)20(32)31(2)21(33)34-9-3-8-29)19-12-22(35-30-19,23(26,27)28)15-5-7-17(24)18(25)11-15/h4-7,10-11H,3,9,12H2,1-2H3. The van der Waals surface area contributed by atoms with Crippen LogP contribution in [0.5, 0.6) is 0 Å². The van der Waals surface area contributed by atoms with Gasteiger partial charge in [0.1, 0.15) is 6.61 Å². The summed E-state index contributed by atoms with van der Waals surface area (Å²) in [6.45, 7) is 1.41. The van der Waals surface area contributed by atoms with Crippen LogP contribution in [-0.2, 0) is 15.2 Å². The summed E-state index contributed by atoms with van der Waals surface area (Å²) < 4.78 is 47.3.